The second kappa shape index (κ2) is 6.33. The van der Waals surface area contributed by atoms with Gasteiger partial charge in [0.25, 0.3) is 0 Å². The number of carbonyl (C=O) groups is 2. The van der Waals surface area contributed by atoms with E-state index < -0.39 is 16.8 Å². The maximum atomic E-state index is 13.5. The van der Waals surface area contributed by atoms with Gasteiger partial charge in [0.2, 0.25) is 0 Å². The van der Waals surface area contributed by atoms with E-state index in [4.69, 9.17) is 4.42 Å². The molecule has 4 rings (SSSR count). The largest absolute Gasteiger partial charge is 0.422 e. The molecule has 1 atom stereocenters. The Kier molecular flexibility index (Phi) is 3.99. The van der Waals surface area contributed by atoms with Gasteiger partial charge in [0.1, 0.15) is 16.6 Å². The minimum Gasteiger partial charge on any atom is -0.422 e. The maximum absolute atomic E-state index is 13.5. The number of rotatable bonds is 3. The van der Waals surface area contributed by atoms with E-state index in [9.17, 15) is 14.4 Å². The zero-order chi connectivity index (χ0) is 18.1. The average molecular weight is 347 g/mol. The number of hydrogen-bond acceptors (Lipinski definition) is 5. The molecule has 1 unspecified atom stereocenters. The Morgan fingerprint density at radius 3 is 2.62 bits per heavy atom. The number of fused-ring (bicyclic) bond motifs is 1. The first kappa shape index (κ1) is 16.4. The molecule has 5 heteroatoms. The van der Waals surface area contributed by atoms with Gasteiger partial charge in [-0.15, -0.1) is 0 Å². The third kappa shape index (κ3) is 2.47. The summed E-state index contributed by atoms with van der Waals surface area (Å²) in [6.45, 7) is 0. The Labute approximate surface area is 149 Å². The van der Waals surface area contributed by atoms with Crippen LogP contribution in [0.4, 0.5) is 0 Å². The molecule has 2 heterocycles. The predicted octanol–water partition coefficient (Wildman–Crippen LogP) is 3.45. The molecular weight excluding hydrogens is 330 g/mol. The van der Waals surface area contributed by atoms with Crippen molar-refractivity contribution in [1.29, 1.82) is 0 Å². The van der Waals surface area contributed by atoms with E-state index in [2.05, 4.69) is 4.98 Å². The minimum absolute atomic E-state index is 0.0930. The van der Waals surface area contributed by atoms with Crippen LogP contribution in [0.25, 0.3) is 11.0 Å². The highest BCUT2D eigenvalue weighted by Crippen LogP contribution is 2.38. The number of carbonyl (C=O) groups excluding carboxylic acids is 2. The molecule has 1 fully saturated rings. The van der Waals surface area contributed by atoms with Gasteiger partial charge in [-0.1, -0.05) is 30.7 Å². The highest BCUT2D eigenvalue weighted by molar-refractivity contribution is 6.19. The fraction of sp³-hybridized carbons (Fsp3) is 0.238. The first-order valence-electron chi connectivity index (χ1n) is 8.65. The second-order valence-corrected chi connectivity index (χ2v) is 6.57. The van der Waals surface area contributed by atoms with Crippen molar-refractivity contribution in [2.24, 2.45) is 0 Å². The van der Waals surface area contributed by atoms with Crippen LogP contribution in [0.1, 0.15) is 41.7 Å². The van der Waals surface area contributed by atoms with E-state index >= 15 is 0 Å². The summed E-state index contributed by atoms with van der Waals surface area (Å²) in [5.41, 5.74) is -1.40. The molecular formula is C21H17NO4. The van der Waals surface area contributed by atoms with E-state index in [1.54, 1.807) is 48.7 Å². The van der Waals surface area contributed by atoms with Crippen LogP contribution in [0.15, 0.2) is 63.9 Å². The van der Waals surface area contributed by atoms with E-state index in [0.29, 0.717) is 29.5 Å². The molecule has 1 aromatic carbocycles. The van der Waals surface area contributed by atoms with E-state index in [1.165, 1.54) is 6.07 Å². The maximum Gasteiger partial charge on any atom is 0.347 e. The molecule has 0 radical (unpaired) electrons. The molecule has 1 aliphatic carbocycles. The van der Waals surface area contributed by atoms with Crippen LogP contribution in [-0.2, 0) is 10.2 Å². The molecule has 3 aromatic rings. The number of benzene rings is 1. The first-order valence-corrected chi connectivity index (χ1v) is 8.65. The molecule has 2 aromatic heterocycles. The van der Waals surface area contributed by atoms with Crippen LogP contribution in [-0.4, -0.2) is 16.6 Å². The quantitative estimate of drug-likeness (QED) is 0.412. The molecule has 5 nitrogen and oxygen atoms in total. The lowest BCUT2D eigenvalue weighted by Crippen LogP contribution is -2.47. The summed E-state index contributed by atoms with van der Waals surface area (Å²) in [6.07, 6.45) is 3.70. The highest BCUT2D eigenvalue weighted by Gasteiger charge is 2.50. The fourth-order valence-electron chi connectivity index (χ4n) is 3.72. The Bertz CT molecular complexity index is 1050. The van der Waals surface area contributed by atoms with E-state index in [-0.39, 0.29) is 11.3 Å². The molecule has 0 spiro atoms. The third-order valence-electron chi connectivity index (χ3n) is 5.06. The van der Waals surface area contributed by atoms with Crippen molar-refractivity contribution in [3.8, 4) is 0 Å². The van der Waals surface area contributed by atoms with Gasteiger partial charge in [0.05, 0.1) is 5.69 Å². The van der Waals surface area contributed by atoms with Crippen LogP contribution in [0, 0.1) is 0 Å². The normalized spacial score (nSPS) is 20.2. The summed E-state index contributed by atoms with van der Waals surface area (Å²) in [5, 5.41) is 0.648. The van der Waals surface area contributed by atoms with Crippen molar-refractivity contribution in [3.05, 3.63) is 76.4 Å². The third-order valence-corrected chi connectivity index (χ3v) is 5.06. The Morgan fingerprint density at radius 2 is 1.85 bits per heavy atom. The minimum atomic E-state index is -1.41. The summed E-state index contributed by atoms with van der Waals surface area (Å²) in [4.78, 5) is 43.2. The molecule has 130 valence electrons. The summed E-state index contributed by atoms with van der Waals surface area (Å²) in [6, 6.07) is 13.7. The number of aromatic nitrogens is 1. The zero-order valence-electron chi connectivity index (χ0n) is 14.1. The van der Waals surface area contributed by atoms with Gasteiger partial charge in [-0.25, -0.2) is 4.79 Å². The highest BCUT2D eigenvalue weighted by atomic mass is 16.4. The number of para-hydroxylation sites is 1. The summed E-state index contributed by atoms with van der Waals surface area (Å²) < 4.78 is 5.31. The second-order valence-electron chi connectivity index (χ2n) is 6.57. The number of ketones is 2. The molecule has 0 bridgehead atoms. The molecule has 0 saturated heterocycles. The van der Waals surface area contributed by atoms with Crippen LogP contribution >= 0.6 is 0 Å². The molecule has 0 N–H and O–H groups in total. The van der Waals surface area contributed by atoms with Crippen LogP contribution < -0.4 is 5.63 Å². The Morgan fingerprint density at radius 1 is 1.04 bits per heavy atom. The number of Topliss-reactive ketones (excluding diaryl/α,β-unsaturated/α-hetero) is 2. The Hall–Kier alpha value is -3.08. The van der Waals surface area contributed by atoms with Crippen molar-refractivity contribution in [2.75, 3.05) is 0 Å². The van der Waals surface area contributed by atoms with Crippen LogP contribution in [0.5, 0.6) is 0 Å². The van der Waals surface area contributed by atoms with Gasteiger partial charge >= 0.3 is 5.63 Å². The van der Waals surface area contributed by atoms with Crippen molar-refractivity contribution in [1.82, 2.24) is 4.98 Å². The molecule has 1 saturated carbocycles. The summed E-state index contributed by atoms with van der Waals surface area (Å²) in [5.74, 6) is -0.694. The Balaban J connectivity index is 1.92. The predicted molar refractivity (Wildman–Crippen MR) is 96.2 cm³/mol. The molecule has 0 amide bonds. The monoisotopic (exact) mass is 347 g/mol. The number of pyridine rings is 1. The van der Waals surface area contributed by atoms with E-state index in [1.807, 2.05) is 0 Å². The lowest BCUT2D eigenvalue weighted by atomic mass is 9.66. The van der Waals surface area contributed by atoms with Gasteiger partial charge in [-0.3, -0.25) is 14.6 Å². The topological polar surface area (TPSA) is 77.2 Å². The smallest absolute Gasteiger partial charge is 0.347 e. The number of nitrogens with zero attached hydrogens (tertiary/aromatic N) is 1. The molecule has 0 aliphatic heterocycles. The average Bonchev–Trinajstić information content (AvgIpc) is 2.68. The molecule has 26 heavy (non-hydrogen) atoms. The summed E-state index contributed by atoms with van der Waals surface area (Å²) in [7, 11) is 0. The number of hydrogen-bond donors (Lipinski definition) is 0. The van der Waals surface area contributed by atoms with Crippen molar-refractivity contribution in [3.63, 3.8) is 0 Å². The summed E-state index contributed by atoms with van der Waals surface area (Å²) >= 11 is 0. The lowest BCUT2D eigenvalue weighted by Gasteiger charge is -2.33. The van der Waals surface area contributed by atoms with Gasteiger partial charge < -0.3 is 4.42 Å². The van der Waals surface area contributed by atoms with Crippen molar-refractivity contribution >= 4 is 22.5 Å². The van der Waals surface area contributed by atoms with Gasteiger partial charge in [0.15, 0.2) is 11.6 Å². The zero-order valence-corrected chi connectivity index (χ0v) is 14.1. The van der Waals surface area contributed by atoms with E-state index in [0.717, 1.165) is 12.8 Å². The van der Waals surface area contributed by atoms with Gasteiger partial charge in [-0.05, 0) is 37.1 Å². The standard InChI is InChI=1S/C21H17NO4/c23-18-10-3-5-11-21(18,17-9-4-6-12-22-17)19(24)15-13-14-7-1-2-8-16(14)26-20(15)25/h1-2,4,6-9,12-13H,3,5,10-11H2. The fourth-order valence-corrected chi connectivity index (χ4v) is 3.72. The van der Waals surface area contributed by atoms with Crippen LogP contribution in [0.3, 0.4) is 0 Å². The lowest BCUT2D eigenvalue weighted by molar-refractivity contribution is -0.124. The van der Waals surface area contributed by atoms with Gasteiger partial charge in [0, 0.05) is 18.0 Å². The van der Waals surface area contributed by atoms with Gasteiger partial charge in [-0.2, -0.15) is 0 Å². The SMILES string of the molecule is O=C1CCCCC1(C(=O)c1cc2ccccc2oc1=O)c1ccccn1. The van der Waals surface area contributed by atoms with Crippen molar-refractivity contribution < 1.29 is 14.0 Å². The van der Waals surface area contributed by atoms with Crippen molar-refractivity contribution in [2.45, 2.75) is 31.1 Å². The van der Waals surface area contributed by atoms with Crippen LogP contribution in [0.2, 0.25) is 0 Å². The first-order chi connectivity index (χ1) is 12.6. The molecule has 1 aliphatic rings.